The van der Waals surface area contributed by atoms with E-state index in [2.05, 4.69) is 9.97 Å². The Hall–Kier alpha value is -1.37. The molecule has 1 aromatic heterocycles. The van der Waals surface area contributed by atoms with Crippen LogP contribution in [0.25, 0.3) is 0 Å². The number of imidazole rings is 1. The SMILES string of the molecule is CS(=O)(=O)Cc1cnc(C(=O)O)[nH]1. The molecular formula is C6H8N2O4S. The van der Waals surface area contributed by atoms with E-state index in [1.807, 2.05) is 0 Å². The van der Waals surface area contributed by atoms with E-state index < -0.39 is 15.8 Å². The van der Waals surface area contributed by atoms with Gasteiger partial charge in [0.2, 0.25) is 5.82 Å². The molecule has 0 bridgehead atoms. The van der Waals surface area contributed by atoms with Crippen molar-refractivity contribution in [3.63, 3.8) is 0 Å². The Bertz CT molecular complexity index is 420. The summed E-state index contributed by atoms with van der Waals surface area (Å²) in [7, 11) is -3.15. The Labute approximate surface area is 74.5 Å². The lowest BCUT2D eigenvalue weighted by atomic mass is 10.6. The summed E-state index contributed by atoms with van der Waals surface area (Å²) in [4.78, 5) is 16.2. The van der Waals surface area contributed by atoms with Gasteiger partial charge >= 0.3 is 5.97 Å². The van der Waals surface area contributed by atoms with Crippen molar-refractivity contribution in [2.45, 2.75) is 5.75 Å². The molecule has 1 aromatic rings. The van der Waals surface area contributed by atoms with Gasteiger partial charge in [-0.15, -0.1) is 0 Å². The van der Waals surface area contributed by atoms with Crippen LogP contribution in [-0.2, 0) is 15.6 Å². The molecule has 0 radical (unpaired) electrons. The first-order valence-electron chi connectivity index (χ1n) is 3.33. The lowest BCUT2D eigenvalue weighted by Crippen LogP contribution is -2.02. The van der Waals surface area contributed by atoms with E-state index in [0.717, 1.165) is 6.26 Å². The fourth-order valence-electron chi connectivity index (χ4n) is 0.824. The molecule has 0 saturated heterocycles. The molecule has 0 aliphatic rings. The first-order chi connectivity index (χ1) is 5.88. The highest BCUT2D eigenvalue weighted by Crippen LogP contribution is 2.01. The van der Waals surface area contributed by atoms with Gasteiger partial charge < -0.3 is 10.1 Å². The summed E-state index contributed by atoms with van der Waals surface area (Å²) in [5, 5.41) is 8.45. The summed E-state index contributed by atoms with van der Waals surface area (Å²) in [6, 6.07) is 0. The number of rotatable bonds is 3. The van der Waals surface area contributed by atoms with Gasteiger partial charge in [0.05, 0.1) is 11.4 Å². The van der Waals surface area contributed by atoms with Gasteiger partial charge in [0.1, 0.15) is 0 Å². The molecule has 1 rings (SSSR count). The highest BCUT2D eigenvalue weighted by Gasteiger charge is 2.11. The first-order valence-corrected chi connectivity index (χ1v) is 5.39. The zero-order valence-corrected chi connectivity index (χ0v) is 7.63. The average Bonchev–Trinajstić information content (AvgIpc) is 2.31. The molecule has 6 nitrogen and oxygen atoms in total. The molecule has 72 valence electrons. The molecule has 0 amide bonds. The topological polar surface area (TPSA) is 100 Å². The number of hydrogen-bond acceptors (Lipinski definition) is 4. The van der Waals surface area contributed by atoms with Crippen molar-refractivity contribution in [1.82, 2.24) is 9.97 Å². The van der Waals surface area contributed by atoms with Gasteiger partial charge in [-0.3, -0.25) is 0 Å². The number of hydrogen-bond donors (Lipinski definition) is 2. The van der Waals surface area contributed by atoms with Crippen LogP contribution >= 0.6 is 0 Å². The number of carboxylic acids is 1. The van der Waals surface area contributed by atoms with Crippen LogP contribution in [0.4, 0.5) is 0 Å². The highest BCUT2D eigenvalue weighted by molar-refractivity contribution is 7.89. The van der Waals surface area contributed by atoms with Crippen molar-refractivity contribution in [1.29, 1.82) is 0 Å². The average molecular weight is 204 g/mol. The Morgan fingerprint density at radius 2 is 2.31 bits per heavy atom. The van der Waals surface area contributed by atoms with E-state index in [9.17, 15) is 13.2 Å². The Balaban J connectivity index is 2.87. The molecule has 0 aliphatic carbocycles. The van der Waals surface area contributed by atoms with E-state index in [0.29, 0.717) is 0 Å². The smallest absolute Gasteiger partial charge is 0.371 e. The molecule has 0 aliphatic heterocycles. The fourth-order valence-corrected chi connectivity index (χ4v) is 1.54. The zero-order chi connectivity index (χ0) is 10.1. The number of carbonyl (C=O) groups is 1. The molecule has 0 aromatic carbocycles. The molecule has 0 spiro atoms. The van der Waals surface area contributed by atoms with Crippen LogP contribution in [0.2, 0.25) is 0 Å². The number of aromatic nitrogens is 2. The summed E-state index contributed by atoms with van der Waals surface area (Å²) in [5.41, 5.74) is 0.278. The molecule has 0 fully saturated rings. The third-order valence-electron chi connectivity index (χ3n) is 1.25. The van der Waals surface area contributed by atoms with E-state index in [1.54, 1.807) is 0 Å². The van der Waals surface area contributed by atoms with Gasteiger partial charge in [-0.2, -0.15) is 0 Å². The van der Waals surface area contributed by atoms with E-state index in [1.165, 1.54) is 6.20 Å². The molecule has 0 saturated carbocycles. The maximum Gasteiger partial charge on any atom is 0.371 e. The Morgan fingerprint density at radius 1 is 1.69 bits per heavy atom. The van der Waals surface area contributed by atoms with Crippen LogP contribution in [0.5, 0.6) is 0 Å². The standard InChI is InChI=1S/C6H8N2O4S/c1-13(11,12)3-4-2-7-5(8-4)6(9)10/h2H,3H2,1H3,(H,7,8)(H,9,10). The summed E-state index contributed by atoms with van der Waals surface area (Å²) in [6.07, 6.45) is 2.26. The number of sulfone groups is 1. The van der Waals surface area contributed by atoms with Crippen molar-refractivity contribution in [2.24, 2.45) is 0 Å². The molecule has 0 unspecified atom stereocenters. The second kappa shape index (κ2) is 3.17. The maximum atomic E-state index is 10.8. The fraction of sp³-hybridized carbons (Fsp3) is 0.333. The largest absolute Gasteiger partial charge is 0.475 e. The lowest BCUT2D eigenvalue weighted by molar-refractivity contribution is 0.0684. The normalized spacial score (nSPS) is 11.5. The van der Waals surface area contributed by atoms with Crippen molar-refractivity contribution < 1.29 is 18.3 Å². The predicted molar refractivity (Wildman–Crippen MR) is 44.1 cm³/mol. The van der Waals surface area contributed by atoms with Gasteiger partial charge in [-0.1, -0.05) is 0 Å². The molecule has 1 heterocycles. The highest BCUT2D eigenvalue weighted by atomic mass is 32.2. The summed E-state index contributed by atoms with van der Waals surface area (Å²) >= 11 is 0. The van der Waals surface area contributed by atoms with Crippen molar-refractivity contribution >= 4 is 15.8 Å². The van der Waals surface area contributed by atoms with Gasteiger partial charge in [-0.05, 0) is 0 Å². The van der Waals surface area contributed by atoms with Gasteiger partial charge in [0.25, 0.3) is 0 Å². The third-order valence-corrected chi connectivity index (χ3v) is 2.08. The van der Waals surface area contributed by atoms with Gasteiger partial charge in [0.15, 0.2) is 9.84 Å². The first kappa shape index (κ1) is 9.72. The molecule has 7 heteroatoms. The van der Waals surface area contributed by atoms with Crippen LogP contribution < -0.4 is 0 Å². The van der Waals surface area contributed by atoms with E-state index in [-0.39, 0.29) is 17.3 Å². The quantitative estimate of drug-likeness (QED) is 0.701. The van der Waals surface area contributed by atoms with Crippen LogP contribution in [0.1, 0.15) is 16.3 Å². The summed E-state index contributed by atoms with van der Waals surface area (Å²) in [6.45, 7) is 0. The predicted octanol–water partition coefficient (Wildman–Crippen LogP) is -0.348. The number of nitrogens with one attached hydrogen (secondary N) is 1. The minimum Gasteiger partial charge on any atom is -0.475 e. The van der Waals surface area contributed by atoms with Crippen molar-refractivity contribution in [3.05, 3.63) is 17.7 Å². The monoisotopic (exact) mass is 204 g/mol. The second-order valence-electron chi connectivity index (χ2n) is 2.63. The molecule has 2 N–H and O–H groups in total. The van der Waals surface area contributed by atoms with Crippen molar-refractivity contribution in [3.8, 4) is 0 Å². The number of carboxylic acid groups (broad SMARTS) is 1. The van der Waals surface area contributed by atoms with Crippen molar-refractivity contribution in [2.75, 3.05) is 6.26 Å². The third kappa shape index (κ3) is 2.86. The Kier molecular flexibility index (Phi) is 2.37. The minimum atomic E-state index is -3.15. The number of nitrogens with zero attached hydrogens (tertiary/aromatic N) is 1. The molecule has 13 heavy (non-hydrogen) atoms. The number of aromatic amines is 1. The minimum absolute atomic E-state index is 0.229. The number of aromatic carboxylic acids is 1. The maximum absolute atomic E-state index is 10.8. The summed E-state index contributed by atoms with van der Waals surface area (Å²) < 4.78 is 21.6. The van der Waals surface area contributed by atoms with Crippen LogP contribution in [0.3, 0.4) is 0 Å². The zero-order valence-electron chi connectivity index (χ0n) is 6.81. The van der Waals surface area contributed by atoms with E-state index >= 15 is 0 Å². The Morgan fingerprint density at radius 3 is 2.69 bits per heavy atom. The van der Waals surface area contributed by atoms with Crippen LogP contribution in [0.15, 0.2) is 6.20 Å². The van der Waals surface area contributed by atoms with Gasteiger partial charge in [-0.25, -0.2) is 18.2 Å². The lowest BCUT2D eigenvalue weighted by Gasteiger charge is -1.92. The molecule has 0 atom stereocenters. The van der Waals surface area contributed by atoms with Crippen LogP contribution in [0, 0.1) is 0 Å². The van der Waals surface area contributed by atoms with E-state index in [4.69, 9.17) is 5.11 Å². The summed E-state index contributed by atoms with van der Waals surface area (Å²) in [5.74, 6) is -1.69. The van der Waals surface area contributed by atoms with Gasteiger partial charge in [0, 0.05) is 12.5 Å². The van der Waals surface area contributed by atoms with Crippen LogP contribution in [-0.4, -0.2) is 35.7 Å². The number of H-pyrrole nitrogens is 1. The molecular weight excluding hydrogens is 196 g/mol. The second-order valence-corrected chi connectivity index (χ2v) is 4.77.